The van der Waals surface area contributed by atoms with Crippen LogP contribution < -0.4 is 5.32 Å². The lowest BCUT2D eigenvalue weighted by molar-refractivity contribution is 0.195. The van der Waals surface area contributed by atoms with E-state index < -0.39 is 0 Å². The predicted octanol–water partition coefficient (Wildman–Crippen LogP) is 2.28. The molecule has 0 aromatic heterocycles. The molecule has 1 saturated heterocycles. The summed E-state index contributed by atoms with van der Waals surface area (Å²) >= 11 is 0. The van der Waals surface area contributed by atoms with Crippen LogP contribution in [0.3, 0.4) is 0 Å². The van der Waals surface area contributed by atoms with Crippen LogP contribution in [-0.4, -0.2) is 13.1 Å². The van der Waals surface area contributed by atoms with E-state index in [4.69, 9.17) is 0 Å². The van der Waals surface area contributed by atoms with Gasteiger partial charge in [-0.3, -0.25) is 0 Å². The van der Waals surface area contributed by atoms with Crippen molar-refractivity contribution in [1.29, 1.82) is 0 Å². The Kier molecular flexibility index (Phi) is 3.38. The Labute approximate surface area is 70.6 Å². The van der Waals surface area contributed by atoms with E-state index in [1.54, 1.807) is 0 Å². The van der Waals surface area contributed by atoms with Gasteiger partial charge in [0, 0.05) is 0 Å². The molecule has 1 heterocycles. The van der Waals surface area contributed by atoms with Crippen molar-refractivity contribution in [2.45, 2.75) is 33.6 Å². The first-order valence-corrected chi connectivity index (χ1v) is 4.96. The zero-order chi connectivity index (χ0) is 8.27. The second-order valence-corrected chi connectivity index (χ2v) is 4.02. The molecule has 0 radical (unpaired) electrons. The fourth-order valence-electron chi connectivity index (χ4n) is 2.18. The minimum atomic E-state index is 0.888. The SMILES string of the molecule is CCC(C)C1CCNCC1C. The molecule has 0 bridgehead atoms. The normalized spacial score (nSPS) is 35.2. The Bertz CT molecular complexity index is 107. The van der Waals surface area contributed by atoms with Crippen molar-refractivity contribution in [1.82, 2.24) is 5.32 Å². The van der Waals surface area contributed by atoms with Gasteiger partial charge in [0.2, 0.25) is 0 Å². The highest BCUT2D eigenvalue weighted by Gasteiger charge is 2.24. The van der Waals surface area contributed by atoms with Crippen molar-refractivity contribution in [2.75, 3.05) is 13.1 Å². The van der Waals surface area contributed by atoms with E-state index in [9.17, 15) is 0 Å². The van der Waals surface area contributed by atoms with Crippen LogP contribution in [0.2, 0.25) is 0 Å². The molecule has 0 aliphatic carbocycles. The van der Waals surface area contributed by atoms with Crippen LogP contribution in [0.4, 0.5) is 0 Å². The number of nitrogens with one attached hydrogen (secondary N) is 1. The molecule has 11 heavy (non-hydrogen) atoms. The topological polar surface area (TPSA) is 12.0 Å². The van der Waals surface area contributed by atoms with E-state index in [0.717, 1.165) is 17.8 Å². The van der Waals surface area contributed by atoms with E-state index in [1.807, 2.05) is 0 Å². The van der Waals surface area contributed by atoms with Gasteiger partial charge < -0.3 is 5.32 Å². The maximum Gasteiger partial charge on any atom is -0.00204 e. The second-order valence-electron chi connectivity index (χ2n) is 4.02. The Morgan fingerprint density at radius 3 is 2.82 bits per heavy atom. The number of hydrogen-bond acceptors (Lipinski definition) is 1. The molecule has 1 N–H and O–H groups in total. The zero-order valence-corrected chi connectivity index (χ0v) is 8.06. The lowest BCUT2D eigenvalue weighted by atomic mass is 9.78. The van der Waals surface area contributed by atoms with Crippen LogP contribution in [0, 0.1) is 17.8 Å². The highest BCUT2D eigenvalue weighted by molar-refractivity contribution is 4.77. The number of rotatable bonds is 2. The highest BCUT2D eigenvalue weighted by Crippen LogP contribution is 2.28. The summed E-state index contributed by atoms with van der Waals surface area (Å²) in [5.41, 5.74) is 0. The molecule has 0 saturated carbocycles. The molecular formula is C10H21N. The molecule has 1 aliphatic rings. The molecule has 3 atom stereocenters. The Morgan fingerprint density at radius 1 is 1.55 bits per heavy atom. The molecule has 1 aliphatic heterocycles. The first-order valence-electron chi connectivity index (χ1n) is 4.96. The minimum absolute atomic E-state index is 0.888. The second kappa shape index (κ2) is 4.10. The summed E-state index contributed by atoms with van der Waals surface area (Å²) in [4.78, 5) is 0. The third kappa shape index (κ3) is 2.19. The fraction of sp³-hybridized carbons (Fsp3) is 1.00. The number of hydrogen-bond donors (Lipinski definition) is 1. The maximum absolute atomic E-state index is 3.44. The van der Waals surface area contributed by atoms with Crippen molar-refractivity contribution in [2.24, 2.45) is 17.8 Å². The number of piperidine rings is 1. The largest absolute Gasteiger partial charge is 0.316 e. The average molecular weight is 155 g/mol. The molecule has 0 aromatic carbocycles. The first kappa shape index (κ1) is 9.05. The summed E-state index contributed by atoms with van der Waals surface area (Å²) in [5.74, 6) is 2.78. The molecule has 0 aromatic rings. The van der Waals surface area contributed by atoms with Crippen LogP contribution in [0.5, 0.6) is 0 Å². The fourth-order valence-corrected chi connectivity index (χ4v) is 2.18. The third-order valence-electron chi connectivity index (χ3n) is 3.23. The van der Waals surface area contributed by atoms with Crippen LogP contribution >= 0.6 is 0 Å². The van der Waals surface area contributed by atoms with E-state index in [1.165, 1.54) is 25.9 Å². The quantitative estimate of drug-likeness (QED) is 0.645. The van der Waals surface area contributed by atoms with Gasteiger partial charge in [-0.2, -0.15) is 0 Å². The Hall–Kier alpha value is -0.0400. The molecule has 1 nitrogen and oxygen atoms in total. The summed E-state index contributed by atoms with van der Waals surface area (Å²) < 4.78 is 0. The van der Waals surface area contributed by atoms with Crippen molar-refractivity contribution in [3.63, 3.8) is 0 Å². The molecule has 3 unspecified atom stereocenters. The minimum Gasteiger partial charge on any atom is -0.316 e. The lowest BCUT2D eigenvalue weighted by Crippen LogP contribution is -2.37. The molecule has 1 rings (SSSR count). The molecule has 1 fully saturated rings. The van der Waals surface area contributed by atoms with Gasteiger partial charge in [-0.25, -0.2) is 0 Å². The third-order valence-corrected chi connectivity index (χ3v) is 3.23. The van der Waals surface area contributed by atoms with Gasteiger partial charge in [0.05, 0.1) is 0 Å². The summed E-state index contributed by atoms with van der Waals surface area (Å²) in [7, 11) is 0. The van der Waals surface area contributed by atoms with Gasteiger partial charge in [0.15, 0.2) is 0 Å². The van der Waals surface area contributed by atoms with Crippen LogP contribution in [-0.2, 0) is 0 Å². The van der Waals surface area contributed by atoms with Crippen LogP contribution in [0.25, 0.3) is 0 Å². The molecular weight excluding hydrogens is 134 g/mol. The van der Waals surface area contributed by atoms with E-state index in [-0.39, 0.29) is 0 Å². The summed E-state index contributed by atoms with van der Waals surface area (Å²) in [6, 6.07) is 0. The lowest BCUT2D eigenvalue weighted by Gasteiger charge is -2.33. The standard InChI is InChI=1S/C10H21N/c1-4-8(2)10-5-6-11-7-9(10)3/h8-11H,4-7H2,1-3H3. The van der Waals surface area contributed by atoms with Crippen molar-refractivity contribution in [3.05, 3.63) is 0 Å². The smallest absolute Gasteiger partial charge is 0.00204 e. The van der Waals surface area contributed by atoms with Crippen molar-refractivity contribution >= 4 is 0 Å². The molecule has 0 amide bonds. The molecule has 66 valence electrons. The van der Waals surface area contributed by atoms with Crippen LogP contribution in [0.15, 0.2) is 0 Å². The molecule has 0 spiro atoms. The van der Waals surface area contributed by atoms with Gasteiger partial charge in [-0.15, -0.1) is 0 Å². The molecule has 1 heteroatoms. The Morgan fingerprint density at radius 2 is 2.27 bits per heavy atom. The van der Waals surface area contributed by atoms with Gasteiger partial charge >= 0.3 is 0 Å². The zero-order valence-electron chi connectivity index (χ0n) is 8.06. The van der Waals surface area contributed by atoms with Gasteiger partial charge in [-0.05, 0) is 37.3 Å². The first-order chi connectivity index (χ1) is 5.25. The Balaban J connectivity index is 2.40. The van der Waals surface area contributed by atoms with Crippen molar-refractivity contribution in [3.8, 4) is 0 Å². The summed E-state index contributed by atoms with van der Waals surface area (Å²) in [6.45, 7) is 9.54. The van der Waals surface area contributed by atoms with E-state index >= 15 is 0 Å². The van der Waals surface area contributed by atoms with Gasteiger partial charge in [-0.1, -0.05) is 27.2 Å². The monoisotopic (exact) mass is 155 g/mol. The average Bonchev–Trinajstić information content (AvgIpc) is 2.04. The van der Waals surface area contributed by atoms with E-state index in [0.29, 0.717) is 0 Å². The van der Waals surface area contributed by atoms with Gasteiger partial charge in [0.1, 0.15) is 0 Å². The summed E-state index contributed by atoms with van der Waals surface area (Å²) in [5, 5.41) is 3.44. The van der Waals surface area contributed by atoms with Crippen molar-refractivity contribution < 1.29 is 0 Å². The van der Waals surface area contributed by atoms with Gasteiger partial charge in [0.25, 0.3) is 0 Å². The highest BCUT2D eigenvalue weighted by atomic mass is 14.9. The summed E-state index contributed by atoms with van der Waals surface area (Å²) in [6.07, 6.45) is 2.73. The predicted molar refractivity (Wildman–Crippen MR) is 49.6 cm³/mol. The van der Waals surface area contributed by atoms with Crippen LogP contribution in [0.1, 0.15) is 33.6 Å². The van der Waals surface area contributed by atoms with E-state index in [2.05, 4.69) is 26.1 Å². The maximum atomic E-state index is 3.44.